The normalized spacial score (nSPS) is 16.2. The summed E-state index contributed by atoms with van der Waals surface area (Å²) in [6, 6.07) is 7.63. The lowest BCUT2D eigenvalue weighted by Crippen LogP contribution is -2.26. The highest BCUT2D eigenvalue weighted by molar-refractivity contribution is 5.35. The summed E-state index contributed by atoms with van der Waals surface area (Å²) >= 11 is 0. The molecular weight excluding hydrogens is 206 g/mol. The molecule has 0 heterocycles. The third kappa shape index (κ3) is 3.57. The number of nitrogens with one attached hydrogen (secondary N) is 1. The van der Waals surface area contributed by atoms with Gasteiger partial charge in [-0.25, -0.2) is 0 Å². The van der Waals surface area contributed by atoms with Crippen LogP contribution in [0.3, 0.4) is 0 Å². The molecule has 0 bridgehead atoms. The monoisotopic (exact) mass is 231 g/mol. The second-order valence-corrected chi connectivity index (χ2v) is 5.87. The molecule has 1 nitrogen and oxygen atoms in total. The molecule has 0 spiro atoms. The first-order chi connectivity index (χ1) is 8.15. The molecule has 0 fully saturated rings. The van der Waals surface area contributed by atoms with E-state index in [1.165, 1.54) is 31.2 Å². The van der Waals surface area contributed by atoms with E-state index in [4.69, 9.17) is 0 Å². The van der Waals surface area contributed by atoms with E-state index in [1.807, 2.05) is 0 Å². The fraction of sp³-hybridized carbons (Fsp3) is 0.625. The number of rotatable bonds is 5. The summed E-state index contributed by atoms with van der Waals surface area (Å²) in [4.78, 5) is 0. The lowest BCUT2D eigenvalue weighted by atomic mass is 10.0. The van der Waals surface area contributed by atoms with Gasteiger partial charge >= 0.3 is 0 Å². The number of hydrogen-bond acceptors (Lipinski definition) is 1. The first-order valence-electron chi connectivity index (χ1n) is 6.99. The van der Waals surface area contributed by atoms with Crippen LogP contribution in [0, 0.1) is 5.92 Å². The van der Waals surface area contributed by atoms with Crippen molar-refractivity contribution in [2.45, 2.75) is 59.0 Å². The van der Waals surface area contributed by atoms with Crippen LogP contribution >= 0.6 is 0 Å². The van der Waals surface area contributed by atoms with Gasteiger partial charge in [0.25, 0.3) is 0 Å². The first-order valence-corrected chi connectivity index (χ1v) is 6.99. The van der Waals surface area contributed by atoms with Crippen molar-refractivity contribution >= 4 is 0 Å². The van der Waals surface area contributed by atoms with Gasteiger partial charge in [0.15, 0.2) is 0 Å². The highest BCUT2D eigenvalue weighted by Crippen LogP contribution is 2.22. The molecule has 1 unspecified atom stereocenters. The van der Waals surface area contributed by atoms with Crippen LogP contribution in [0.5, 0.6) is 0 Å². The second kappa shape index (κ2) is 5.68. The summed E-state index contributed by atoms with van der Waals surface area (Å²) in [6.07, 6.45) is 5.17. The molecule has 0 saturated heterocycles. The van der Waals surface area contributed by atoms with Gasteiger partial charge in [0.05, 0.1) is 0 Å². The molecule has 1 atom stereocenters. The summed E-state index contributed by atoms with van der Waals surface area (Å²) in [7, 11) is 0. The zero-order valence-corrected chi connectivity index (χ0v) is 11.4. The minimum Gasteiger partial charge on any atom is -0.310 e. The zero-order valence-electron chi connectivity index (χ0n) is 11.4. The third-order valence-corrected chi connectivity index (χ3v) is 3.64. The molecule has 1 aromatic carbocycles. The van der Waals surface area contributed by atoms with Gasteiger partial charge in [0.2, 0.25) is 0 Å². The Bertz CT molecular complexity index is 368. The molecule has 0 saturated carbocycles. The van der Waals surface area contributed by atoms with Crippen molar-refractivity contribution in [2.75, 3.05) is 0 Å². The van der Waals surface area contributed by atoms with Crippen molar-refractivity contribution in [1.29, 1.82) is 0 Å². The molecular formula is C16H25N. The van der Waals surface area contributed by atoms with Gasteiger partial charge in [-0.1, -0.05) is 32.0 Å². The highest BCUT2D eigenvalue weighted by Gasteiger charge is 2.11. The minimum atomic E-state index is 0.614. The molecule has 94 valence electrons. The summed E-state index contributed by atoms with van der Waals surface area (Å²) in [5.41, 5.74) is 4.60. The van der Waals surface area contributed by atoms with E-state index in [-0.39, 0.29) is 0 Å². The molecule has 2 rings (SSSR count). The van der Waals surface area contributed by atoms with Crippen molar-refractivity contribution in [3.05, 3.63) is 34.9 Å². The second-order valence-electron chi connectivity index (χ2n) is 5.87. The van der Waals surface area contributed by atoms with E-state index in [2.05, 4.69) is 44.3 Å². The van der Waals surface area contributed by atoms with E-state index >= 15 is 0 Å². The van der Waals surface area contributed by atoms with Gasteiger partial charge in [-0.15, -0.1) is 0 Å². The Morgan fingerprint density at radius 3 is 2.65 bits per heavy atom. The fourth-order valence-electron chi connectivity index (χ4n) is 2.82. The van der Waals surface area contributed by atoms with Gasteiger partial charge in [-0.2, -0.15) is 0 Å². The van der Waals surface area contributed by atoms with Crippen LogP contribution in [-0.4, -0.2) is 6.04 Å². The van der Waals surface area contributed by atoms with Gasteiger partial charge in [0, 0.05) is 12.6 Å². The van der Waals surface area contributed by atoms with Gasteiger partial charge < -0.3 is 5.32 Å². The number of aryl methyl sites for hydroxylation is 2. The number of fused-ring (bicyclic) bond motifs is 1. The predicted molar refractivity (Wildman–Crippen MR) is 74.2 cm³/mol. The van der Waals surface area contributed by atoms with Crippen LogP contribution in [0.25, 0.3) is 0 Å². The van der Waals surface area contributed by atoms with Crippen molar-refractivity contribution in [3.63, 3.8) is 0 Å². The van der Waals surface area contributed by atoms with Crippen LogP contribution in [0.15, 0.2) is 18.2 Å². The Hall–Kier alpha value is -0.820. The standard InChI is InChI=1S/C16H25N/c1-12(2)9-13(3)17-11-14-7-8-15-5-4-6-16(15)10-14/h7-8,10,12-13,17H,4-6,9,11H2,1-3H3. The van der Waals surface area contributed by atoms with Crippen LogP contribution in [-0.2, 0) is 19.4 Å². The van der Waals surface area contributed by atoms with Crippen molar-refractivity contribution in [1.82, 2.24) is 5.32 Å². The molecule has 1 aliphatic carbocycles. The Labute approximate surface area is 106 Å². The minimum absolute atomic E-state index is 0.614. The predicted octanol–water partition coefficient (Wildman–Crippen LogP) is 3.70. The molecule has 1 N–H and O–H groups in total. The quantitative estimate of drug-likeness (QED) is 0.815. The Morgan fingerprint density at radius 2 is 1.88 bits per heavy atom. The highest BCUT2D eigenvalue weighted by atomic mass is 14.9. The van der Waals surface area contributed by atoms with E-state index in [9.17, 15) is 0 Å². The lowest BCUT2D eigenvalue weighted by molar-refractivity contribution is 0.441. The Kier molecular flexibility index (Phi) is 4.22. The van der Waals surface area contributed by atoms with Crippen LogP contribution < -0.4 is 5.32 Å². The summed E-state index contributed by atoms with van der Waals surface area (Å²) in [6.45, 7) is 7.87. The molecule has 17 heavy (non-hydrogen) atoms. The average Bonchev–Trinajstić information content (AvgIpc) is 2.72. The Balaban J connectivity index is 1.87. The van der Waals surface area contributed by atoms with Crippen LogP contribution in [0.1, 0.15) is 50.3 Å². The maximum atomic E-state index is 3.62. The van der Waals surface area contributed by atoms with Crippen LogP contribution in [0.4, 0.5) is 0 Å². The first kappa shape index (κ1) is 12.6. The molecule has 0 aromatic heterocycles. The molecule has 1 heteroatoms. The van der Waals surface area contributed by atoms with Crippen molar-refractivity contribution < 1.29 is 0 Å². The lowest BCUT2D eigenvalue weighted by Gasteiger charge is -2.16. The third-order valence-electron chi connectivity index (χ3n) is 3.64. The summed E-state index contributed by atoms with van der Waals surface area (Å²) in [5.74, 6) is 0.775. The van der Waals surface area contributed by atoms with Gasteiger partial charge in [-0.05, 0) is 55.2 Å². The van der Waals surface area contributed by atoms with E-state index in [1.54, 1.807) is 11.1 Å². The number of benzene rings is 1. The van der Waals surface area contributed by atoms with E-state index < -0.39 is 0 Å². The molecule has 0 amide bonds. The van der Waals surface area contributed by atoms with Gasteiger partial charge in [0.1, 0.15) is 0 Å². The summed E-state index contributed by atoms with van der Waals surface area (Å²) in [5, 5.41) is 3.62. The smallest absolute Gasteiger partial charge is 0.0208 e. The molecule has 1 aliphatic rings. The van der Waals surface area contributed by atoms with Gasteiger partial charge in [-0.3, -0.25) is 0 Å². The van der Waals surface area contributed by atoms with Crippen molar-refractivity contribution in [2.24, 2.45) is 5.92 Å². The molecule has 0 aliphatic heterocycles. The zero-order chi connectivity index (χ0) is 12.3. The fourth-order valence-corrected chi connectivity index (χ4v) is 2.82. The molecule has 1 aromatic rings. The number of hydrogen-bond donors (Lipinski definition) is 1. The Morgan fingerprint density at radius 1 is 1.12 bits per heavy atom. The topological polar surface area (TPSA) is 12.0 Å². The maximum absolute atomic E-state index is 3.62. The largest absolute Gasteiger partial charge is 0.310 e. The molecule has 0 radical (unpaired) electrons. The van der Waals surface area contributed by atoms with Crippen molar-refractivity contribution in [3.8, 4) is 0 Å². The van der Waals surface area contributed by atoms with Crippen LogP contribution in [0.2, 0.25) is 0 Å². The van der Waals surface area contributed by atoms with E-state index in [0.29, 0.717) is 6.04 Å². The average molecular weight is 231 g/mol. The summed E-state index contributed by atoms with van der Waals surface area (Å²) < 4.78 is 0. The van der Waals surface area contributed by atoms with E-state index in [0.717, 1.165) is 12.5 Å². The maximum Gasteiger partial charge on any atom is 0.0208 e. The SMILES string of the molecule is CC(C)CC(C)NCc1ccc2c(c1)CCC2.